The molecule has 3 aromatic rings. The van der Waals surface area contributed by atoms with Crippen LogP contribution < -0.4 is 0 Å². The number of aromatic nitrogens is 3. The summed E-state index contributed by atoms with van der Waals surface area (Å²) in [7, 11) is 1.89. The van der Waals surface area contributed by atoms with E-state index in [2.05, 4.69) is 10.1 Å². The van der Waals surface area contributed by atoms with Crippen LogP contribution in [0.15, 0.2) is 36.4 Å². The van der Waals surface area contributed by atoms with E-state index >= 15 is 0 Å². The molecule has 0 amide bonds. The van der Waals surface area contributed by atoms with Crippen molar-refractivity contribution in [3.05, 3.63) is 42.1 Å². The highest BCUT2D eigenvalue weighted by atomic mass is 16.5. The minimum atomic E-state index is -0.354. The van der Waals surface area contributed by atoms with E-state index in [-0.39, 0.29) is 5.97 Å². The SMILES string of the molecule is CCOC(=O)c1cc2nn(C)c(-c3ccccc3)c2[nH]1. The van der Waals surface area contributed by atoms with Crippen molar-refractivity contribution in [1.29, 1.82) is 0 Å². The lowest BCUT2D eigenvalue weighted by Crippen LogP contribution is -2.05. The predicted octanol–water partition coefficient (Wildman–Crippen LogP) is 2.75. The zero-order valence-corrected chi connectivity index (χ0v) is 11.4. The minimum absolute atomic E-state index is 0.354. The van der Waals surface area contributed by atoms with Crippen LogP contribution >= 0.6 is 0 Å². The number of fused-ring (bicyclic) bond motifs is 1. The Morgan fingerprint density at radius 1 is 1.35 bits per heavy atom. The van der Waals surface area contributed by atoms with Crippen LogP contribution in [0, 0.1) is 0 Å². The molecule has 0 radical (unpaired) electrons. The number of benzene rings is 1. The Kier molecular flexibility index (Phi) is 3.02. The van der Waals surface area contributed by atoms with E-state index in [4.69, 9.17) is 4.74 Å². The highest BCUT2D eigenvalue weighted by Crippen LogP contribution is 2.28. The van der Waals surface area contributed by atoms with Crippen LogP contribution in [0.3, 0.4) is 0 Å². The molecule has 3 rings (SSSR count). The van der Waals surface area contributed by atoms with Gasteiger partial charge in [-0.2, -0.15) is 5.10 Å². The first-order valence-electron chi connectivity index (χ1n) is 6.49. The predicted molar refractivity (Wildman–Crippen MR) is 76.5 cm³/mol. The van der Waals surface area contributed by atoms with Gasteiger partial charge in [0.2, 0.25) is 0 Å². The van der Waals surface area contributed by atoms with Crippen LogP contribution in [-0.4, -0.2) is 27.3 Å². The monoisotopic (exact) mass is 269 g/mol. The molecule has 0 unspecified atom stereocenters. The van der Waals surface area contributed by atoms with Crippen molar-refractivity contribution >= 4 is 17.0 Å². The Morgan fingerprint density at radius 3 is 2.80 bits per heavy atom. The summed E-state index contributed by atoms with van der Waals surface area (Å²) >= 11 is 0. The first-order valence-corrected chi connectivity index (χ1v) is 6.49. The Morgan fingerprint density at radius 2 is 2.10 bits per heavy atom. The van der Waals surface area contributed by atoms with Crippen molar-refractivity contribution in [1.82, 2.24) is 14.8 Å². The van der Waals surface area contributed by atoms with Gasteiger partial charge < -0.3 is 9.72 Å². The zero-order valence-electron chi connectivity index (χ0n) is 11.4. The second-order valence-electron chi connectivity index (χ2n) is 4.50. The van der Waals surface area contributed by atoms with E-state index in [1.165, 1.54) is 0 Å². The summed E-state index contributed by atoms with van der Waals surface area (Å²) in [4.78, 5) is 14.9. The van der Waals surface area contributed by atoms with E-state index in [9.17, 15) is 4.79 Å². The van der Waals surface area contributed by atoms with Crippen molar-refractivity contribution in [2.75, 3.05) is 6.61 Å². The van der Waals surface area contributed by atoms with E-state index < -0.39 is 0 Å². The van der Waals surface area contributed by atoms with Crippen LogP contribution in [0.5, 0.6) is 0 Å². The highest BCUT2D eigenvalue weighted by molar-refractivity contribution is 5.98. The van der Waals surface area contributed by atoms with Crippen LogP contribution in [-0.2, 0) is 11.8 Å². The molecule has 0 bridgehead atoms. The van der Waals surface area contributed by atoms with E-state index in [1.54, 1.807) is 13.0 Å². The second kappa shape index (κ2) is 4.85. The van der Waals surface area contributed by atoms with Gasteiger partial charge in [0.15, 0.2) is 0 Å². The normalized spacial score (nSPS) is 10.9. The third-order valence-electron chi connectivity index (χ3n) is 3.16. The van der Waals surface area contributed by atoms with Crippen LogP contribution in [0.4, 0.5) is 0 Å². The number of nitrogens with one attached hydrogen (secondary N) is 1. The Balaban J connectivity index is 2.13. The molecule has 102 valence electrons. The fourth-order valence-electron chi connectivity index (χ4n) is 2.32. The summed E-state index contributed by atoms with van der Waals surface area (Å²) in [5.74, 6) is -0.354. The van der Waals surface area contributed by atoms with Crippen molar-refractivity contribution < 1.29 is 9.53 Å². The molecule has 0 spiro atoms. The van der Waals surface area contributed by atoms with Gasteiger partial charge >= 0.3 is 5.97 Å². The molecule has 1 N–H and O–H groups in total. The fraction of sp³-hybridized carbons (Fsp3) is 0.200. The summed E-state index contributed by atoms with van der Waals surface area (Å²) in [6.45, 7) is 2.14. The molecule has 20 heavy (non-hydrogen) atoms. The van der Waals surface area contributed by atoms with Gasteiger partial charge in [-0.15, -0.1) is 0 Å². The van der Waals surface area contributed by atoms with Gasteiger partial charge in [0.25, 0.3) is 0 Å². The van der Waals surface area contributed by atoms with Crippen LogP contribution in [0.25, 0.3) is 22.3 Å². The van der Waals surface area contributed by atoms with Gasteiger partial charge in [-0.3, -0.25) is 4.68 Å². The maximum atomic E-state index is 11.8. The number of hydrogen-bond donors (Lipinski definition) is 1. The Bertz CT molecular complexity index is 756. The molecular formula is C15H15N3O2. The lowest BCUT2D eigenvalue weighted by Gasteiger charge is -2.02. The van der Waals surface area contributed by atoms with Gasteiger partial charge in [0.05, 0.1) is 17.8 Å². The van der Waals surface area contributed by atoms with Gasteiger partial charge in [0, 0.05) is 12.6 Å². The van der Waals surface area contributed by atoms with E-state index in [0.29, 0.717) is 12.3 Å². The molecule has 0 aliphatic rings. The molecule has 0 saturated heterocycles. The molecule has 0 saturated carbocycles. The van der Waals surface area contributed by atoms with Gasteiger partial charge in [-0.25, -0.2) is 4.79 Å². The molecule has 0 fully saturated rings. The molecule has 5 heteroatoms. The lowest BCUT2D eigenvalue weighted by molar-refractivity contribution is 0.0520. The maximum Gasteiger partial charge on any atom is 0.354 e. The molecule has 0 aliphatic heterocycles. The first kappa shape index (κ1) is 12.5. The minimum Gasteiger partial charge on any atom is -0.461 e. The number of esters is 1. The number of aryl methyl sites for hydroxylation is 1. The number of carbonyl (C=O) groups excluding carboxylic acids is 1. The molecule has 1 aromatic carbocycles. The summed E-state index contributed by atoms with van der Waals surface area (Å²) in [6.07, 6.45) is 0. The van der Waals surface area contributed by atoms with E-state index in [1.807, 2.05) is 42.1 Å². The average molecular weight is 269 g/mol. The Labute approximate surface area is 116 Å². The van der Waals surface area contributed by atoms with Gasteiger partial charge in [-0.1, -0.05) is 30.3 Å². The van der Waals surface area contributed by atoms with E-state index in [0.717, 1.165) is 22.3 Å². The number of carbonyl (C=O) groups is 1. The number of ether oxygens (including phenoxy) is 1. The van der Waals surface area contributed by atoms with Crippen LogP contribution in [0.2, 0.25) is 0 Å². The van der Waals surface area contributed by atoms with Crippen molar-refractivity contribution in [3.8, 4) is 11.3 Å². The quantitative estimate of drug-likeness (QED) is 0.744. The number of rotatable bonds is 3. The topological polar surface area (TPSA) is 59.9 Å². The number of nitrogens with zero attached hydrogens (tertiary/aromatic N) is 2. The highest BCUT2D eigenvalue weighted by Gasteiger charge is 2.17. The molecular weight excluding hydrogens is 254 g/mol. The lowest BCUT2D eigenvalue weighted by atomic mass is 10.1. The molecule has 2 heterocycles. The van der Waals surface area contributed by atoms with Crippen molar-refractivity contribution in [2.45, 2.75) is 6.92 Å². The number of hydrogen-bond acceptors (Lipinski definition) is 3. The second-order valence-corrected chi connectivity index (χ2v) is 4.50. The van der Waals surface area contributed by atoms with Crippen LogP contribution in [0.1, 0.15) is 17.4 Å². The molecule has 0 atom stereocenters. The summed E-state index contributed by atoms with van der Waals surface area (Å²) in [5.41, 5.74) is 4.05. The van der Waals surface area contributed by atoms with Gasteiger partial charge in [0.1, 0.15) is 11.2 Å². The zero-order chi connectivity index (χ0) is 14.1. The van der Waals surface area contributed by atoms with Gasteiger partial charge in [-0.05, 0) is 13.0 Å². The third-order valence-corrected chi connectivity index (χ3v) is 3.16. The molecule has 2 aromatic heterocycles. The maximum absolute atomic E-state index is 11.8. The summed E-state index contributed by atoms with van der Waals surface area (Å²) in [6, 6.07) is 11.7. The van der Waals surface area contributed by atoms with Crippen molar-refractivity contribution in [2.24, 2.45) is 7.05 Å². The number of H-pyrrole nitrogens is 1. The smallest absolute Gasteiger partial charge is 0.354 e. The molecule has 0 aliphatic carbocycles. The summed E-state index contributed by atoms with van der Waals surface area (Å²) < 4.78 is 6.81. The third kappa shape index (κ3) is 1.97. The largest absolute Gasteiger partial charge is 0.461 e. The molecule has 5 nitrogen and oxygen atoms in total. The Hall–Kier alpha value is -2.56. The average Bonchev–Trinajstić information content (AvgIpc) is 2.96. The van der Waals surface area contributed by atoms with Crippen molar-refractivity contribution in [3.63, 3.8) is 0 Å². The fourth-order valence-corrected chi connectivity index (χ4v) is 2.32. The standard InChI is InChI=1S/C15H15N3O2/c1-3-20-15(19)12-9-11-13(16-12)14(18(2)17-11)10-7-5-4-6-8-10/h4-9,16H,3H2,1-2H3. The first-order chi connectivity index (χ1) is 9.70. The number of aromatic amines is 1. The summed E-state index contributed by atoms with van der Waals surface area (Å²) in [5, 5.41) is 4.43.